The molecule has 0 N–H and O–H groups in total. The minimum Gasteiger partial charge on any atom is -0.308 e. The maximum atomic E-state index is 12.3. The number of hydrogen-bond donors (Lipinski definition) is 0. The number of hydrogen-bond acceptors (Lipinski definition) is 3. The van der Waals surface area contributed by atoms with Crippen LogP contribution in [0.4, 0.5) is 0 Å². The Morgan fingerprint density at radius 1 is 1.47 bits per heavy atom. The summed E-state index contributed by atoms with van der Waals surface area (Å²) in [4.78, 5) is 0. The van der Waals surface area contributed by atoms with Crippen molar-refractivity contribution < 1.29 is 13.6 Å². The molecule has 0 amide bonds. The fraction of sp³-hybridized carbons (Fsp3) is 0.500. The summed E-state index contributed by atoms with van der Waals surface area (Å²) in [6, 6.07) is 7.47. The predicted molar refractivity (Wildman–Crippen MR) is 68.6 cm³/mol. The Morgan fingerprint density at radius 3 is 2.88 bits per heavy atom. The van der Waals surface area contributed by atoms with Crippen LogP contribution >= 0.6 is 19.2 Å². The molecule has 2 unspecified atom stereocenters. The fourth-order valence-electron chi connectivity index (χ4n) is 1.75. The Labute approximate surface area is 107 Å². The van der Waals surface area contributed by atoms with Crippen LogP contribution in [0.2, 0.25) is 5.02 Å². The third-order valence-electron chi connectivity index (χ3n) is 2.78. The van der Waals surface area contributed by atoms with Gasteiger partial charge in [-0.15, -0.1) is 0 Å². The van der Waals surface area contributed by atoms with Crippen molar-refractivity contribution in [1.29, 1.82) is 0 Å². The molecular weight excluding hydrogens is 259 g/mol. The van der Waals surface area contributed by atoms with E-state index in [-0.39, 0.29) is 11.8 Å². The third kappa shape index (κ3) is 2.92. The van der Waals surface area contributed by atoms with Crippen LogP contribution in [0.3, 0.4) is 0 Å². The minimum absolute atomic E-state index is 0.121. The molecule has 1 aromatic rings. The largest absolute Gasteiger partial charge is 0.333 e. The van der Waals surface area contributed by atoms with Gasteiger partial charge in [-0.2, -0.15) is 0 Å². The Bertz CT molecular complexity index is 447. The van der Waals surface area contributed by atoms with Gasteiger partial charge in [-0.25, -0.2) is 0 Å². The van der Waals surface area contributed by atoms with E-state index >= 15 is 0 Å². The van der Waals surface area contributed by atoms with Gasteiger partial charge in [0.25, 0.3) is 0 Å². The Kier molecular flexibility index (Phi) is 3.94. The second kappa shape index (κ2) is 5.11. The highest BCUT2D eigenvalue weighted by atomic mass is 35.5. The van der Waals surface area contributed by atoms with E-state index < -0.39 is 7.60 Å². The zero-order valence-corrected chi connectivity index (χ0v) is 11.6. The number of rotatable bonds is 2. The normalized spacial score (nSPS) is 29.5. The lowest BCUT2D eigenvalue weighted by Gasteiger charge is -2.32. The van der Waals surface area contributed by atoms with Crippen LogP contribution in [0.15, 0.2) is 24.3 Å². The molecule has 1 aliphatic rings. The zero-order chi connectivity index (χ0) is 12.5. The minimum atomic E-state index is -2.97. The van der Waals surface area contributed by atoms with E-state index in [1.54, 1.807) is 0 Å². The summed E-state index contributed by atoms with van der Waals surface area (Å²) in [7, 11) is -2.97. The van der Waals surface area contributed by atoms with E-state index in [0.29, 0.717) is 18.1 Å². The SMILES string of the molecule is CC(C)P1(=O)OCCC(c2cccc(Cl)c2)O1. The first kappa shape index (κ1) is 13.1. The summed E-state index contributed by atoms with van der Waals surface area (Å²) in [5.41, 5.74) is 0.839. The summed E-state index contributed by atoms with van der Waals surface area (Å²) in [6.07, 6.45) is 0.521. The molecule has 1 fully saturated rings. The van der Waals surface area contributed by atoms with Crippen molar-refractivity contribution in [2.75, 3.05) is 6.61 Å². The smallest absolute Gasteiger partial charge is 0.308 e. The van der Waals surface area contributed by atoms with Crippen LogP contribution in [0.1, 0.15) is 31.9 Å². The van der Waals surface area contributed by atoms with Crippen molar-refractivity contribution in [3.63, 3.8) is 0 Å². The summed E-state index contributed by atoms with van der Waals surface area (Å²) in [6.45, 7) is 4.16. The highest BCUT2D eigenvalue weighted by molar-refractivity contribution is 7.54. The summed E-state index contributed by atoms with van der Waals surface area (Å²) in [5, 5.41) is 0.664. The van der Waals surface area contributed by atoms with E-state index in [2.05, 4.69) is 0 Å². The second-order valence-electron chi connectivity index (χ2n) is 4.40. The molecule has 5 heteroatoms. The molecule has 0 saturated carbocycles. The fourth-order valence-corrected chi connectivity index (χ4v) is 3.50. The lowest BCUT2D eigenvalue weighted by atomic mass is 10.1. The molecule has 1 heterocycles. The van der Waals surface area contributed by atoms with Crippen molar-refractivity contribution in [3.05, 3.63) is 34.9 Å². The highest BCUT2D eigenvalue weighted by Crippen LogP contribution is 2.59. The summed E-state index contributed by atoms with van der Waals surface area (Å²) >= 11 is 5.94. The van der Waals surface area contributed by atoms with Gasteiger partial charge in [0.15, 0.2) is 0 Å². The van der Waals surface area contributed by atoms with Gasteiger partial charge in [0.1, 0.15) is 0 Å². The average Bonchev–Trinajstić information content (AvgIpc) is 2.29. The first-order chi connectivity index (χ1) is 8.01. The maximum Gasteiger partial charge on any atom is 0.333 e. The lowest BCUT2D eigenvalue weighted by Crippen LogP contribution is -2.18. The van der Waals surface area contributed by atoms with Crippen LogP contribution in [0.25, 0.3) is 0 Å². The van der Waals surface area contributed by atoms with E-state index in [1.165, 1.54) is 0 Å². The molecule has 1 saturated heterocycles. The summed E-state index contributed by atoms with van der Waals surface area (Å²) < 4.78 is 23.3. The quantitative estimate of drug-likeness (QED) is 0.749. The molecular formula is C12H16ClO3P. The van der Waals surface area contributed by atoms with Crippen molar-refractivity contribution in [3.8, 4) is 0 Å². The topological polar surface area (TPSA) is 35.5 Å². The molecule has 0 aromatic heterocycles. The van der Waals surface area contributed by atoms with Gasteiger partial charge in [-0.05, 0) is 17.7 Å². The van der Waals surface area contributed by atoms with Crippen LogP contribution in [-0.4, -0.2) is 12.3 Å². The standard InChI is InChI=1S/C12H16ClO3P/c1-9(2)17(14)15-7-6-12(16-17)10-4-3-5-11(13)8-10/h3-5,8-9,12H,6-7H2,1-2H3. The number of benzene rings is 1. The Balaban J connectivity index is 2.21. The van der Waals surface area contributed by atoms with E-state index in [9.17, 15) is 4.57 Å². The Hall–Kier alpha value is -0.340. The first-order valence-corrected chi connectivity index (χ1v) is 7.68. The van der Waals surface area contributed by atoms with E-state index in [1.807, 2.05) is 38.1 Å². The van der Waals surface area contributed by atoms with Gasteiger partial charge in [-0.1, -0.05) is 37.6 Å². The molecule has 0 radical (unpaired) electrons. The van der Waals surface area contributed by atoms with Gasteiger partial charge in [0.2, 0.25) is 0 Å². The van der Waals surface area contributed by atoms with E-state index in [0.717, 1.165) is 5.56 Å². The van der Waals surface area contributed by atoms with Crippen LogP contribution in [0.5, 0.6) is 0 Å². The Morgan fingerprint density at radius 2 is 2.24 bits per heavy atom. The maximum absolute atomic E-state index is 12.3. The van der Waals surface area contributed by atoms with Gasteiger partial charge in [-0.3, -0.25) is 4.57 Å². The molecule has 0 bridgehead atoms. The zero-order valence-electron chi connectivity index (χ0n) is 9.93. The molecule has 1 aromatic carbocycles. The molecule has 2 atom stereocenters. The predicted octanol–water partition coefficient (Wildman–Crippen LogP) is 4.42. The molecule has 2 rings (SSSR count). The first-order valence-electron chi connectivity index (χ1n) is 5.69. The summed E-state index contributed by atoms with van der Waals surface area (Å²) in [5.74, 6) is 0. The van der Waals surface area contributed by atoms with Crippen LogP contribution in [0, 0.1) is 0 Å². The van der Waals surface area contributed by atoms with Crippen molar-refractivity contribution in [2.45, 2.75) is 32.0 Å². The highest BCUT2D eigenvalue weighted by Gasteiger charge is 2.37. The van der Waals surface area contributed by atoms with Gasteiger partial charge < -0.3 is 9.05 Å². The van der Waals surface area contributed by atoms with Gasteiger partial charge in [0, 0.05) is 11.4 Å². The number of halogens is 1. The van der Waals surface area contributed by atoms with Crippen molar-refractivity contribution in [1.82, 2.24) is 0 Å². The van der Waals surface area contributed by atoms with Crippen LogP contribution in [-0.2, 0) is 13.6 Å². The molecule has 94 valence electrons. The van der Waals surface area contributed by atoms with Gasteiger partial charge >= 0.3 is 7.60 Å². The van der Waals surface area contributed by atoms with Crippen molar-refractivity contribution >= 4 is 19.2 Å². The van der Waals surface area contributed by atoms with Gasteiger partial charge in [0.05, 0.1) is 18.4 Å². The monoisotopic (exact) mass is 274 g/mol. The second-order valence-corrected chi connectivity index (χ2v) is 7.42. The lowest BCUT2D eigenvalue weighted by molar-refractivity contribution is 0.0781. The van der Waals surface area contributed by atoms with E-state index in [4.69, 9.17) is 20.6 Å². The third-order valence-corrected chi connectivity index (χ3v) is 5.37. The molecule has 17 heavy (non-hydrogen) atoms. The molecule has 0 spiro atoms. The van der Waals surface area contributed by atoms with Crippen molar-refractivity contribution in [2.24, 2.45) is 0 Å². The molecule has 0 aliphatic carbocycles. The molecule has 1 aliphatic heterocycles. The average molecular weight is 275 g/mol. The molecule has 3 nitrogen and oxygen atoms in total. The van der Waals surface area contributed by atoms with Crippen LogP contribution < -0.4 is 0 Å².